The maximum atomic E-state index is 12.1. The lowest BCUT2D eigenvalue weighted by Gasteiger charge is -2.24. The van der Waals surface area contributed by atoms with Gasteiger partial charge in [-0.05, 0) is 49.3 Å². The van der Waals surface area contributed by atoms with Crippen LogP contribution in [0.4, 0.5) is 0 Å². The number of hydrogen-bond acceptors (Lipinski definition) is 4. The number of carbonyl (C=O) groups is 1. The van der Waals surface area contributed by atoms with Crippen LogP contribution in [0.3, 0.4) is 0 Å². The quantitative estimate of drug-likeness (QED) is 0.695. The lowest BCUT2D eigenvalue weighted by molar-refractivity contribution is -0.169. The molecule has 2 atom stereocenters. The minimum atomic E-state index is -0.0689. The molecule has 1 heterocycles. The van der Waals surface area contributed by atoms with Gasteiger partial charge in [0.05, 0.1) is 13.7 Å². The fourth-order valence-corrected chi connectivity index (χ4v) is 2.74. The molecule has 0 amide bonds. The van der Waals surface area contributed by atoms with Crippen LogP contribution in [0.15, 0.2) is 24.3 Å². The topological polar surface area (TPSA) is 44.8 Å². The molecule has 128 valence electrons. The van der Waals surface area contributed by atoms with Gasteiger partial charge in [0.25, 0.3) is 0 Å². The Bertz CT molecular complexity index is 463. The number of ether oxygens (including phenoxy) is 3. The molecular formula is C19H28O4. The van der Waals surface area contributed by atoms with Crippen molar-refractivity contribution >= 4 is 5.78 Å². The molecule has 2 unspecified atom stereocenters. The van der Waals surface area contributed by atoms with Crippen molar-refractivity contribution < 1.29 is 19.0 Å². The average molecular weight is 320 g/mol. The first-order valence-corrected chi connectivity index (χ1v) is 8.55. The summed E-state index contributed by atoms with van der Waals surface area (Å²) in [5.74, 6) is 1.38. The fraction of sp³-hybridized carbons (Fsp3) is 0.632. The molecule has 0 bridgehead atoms. The standard InChI is InChI=1S/C19H28O4/c1-15(14-23-19-5-3-4-12-22-19)13-17(20)9-6-16-7-10-18(21-2)11-8-16/h7-8,10-11,15,19H,3-6,9,12-14H2,1-2H3. The summed E-state index contributed by atoms with van der Waals surface area (Å²) >= 11 is 0. The van der Waals surface area contributed by atoms with Gasteiger partial charge in [0.1, 0.15) is 11.5 Å². The molecule has 23 heavy (non-hydrogen) atoms. The Hall–Kier alpha value is -1.39. The predicted molar refractivity (Wildman–Crippen MR) is 89.6 cm³/mol. The van der Waals surface area contributed by atoms with Gasteiger partial charge < -0.3 is 14.2 Å². The smallest absolute Gasteiger partial charge is 0.157 e. The molecular weight excluding hydrogens is 292 g/mol. The summed E-state index contributed by atoms with van der Waals surface area (Å²) in [5.41, 5.74) is 1.17. The van der Waals surface area contributed by atoms with E-state index < -0.39 is 0 Å². The Morgan fingerprint density at radius 2 is 2.09 bits per heavy atom. The van der Waals surface area contributed by atoms with Crippen molar-refractivity contribution in [3.05, 3.63) is 29.8 Å². The normalized spacial score (nSPS) is 19.3. The average Bonchev–Trinajstić information content (AvgIpc) is 2.59. The van der Waals surface area contributed by atoms with Crippen LogP contribution in [0.2, 0.25) is 0 Å². The Kier molecular flexibility index (Phi) is 7.56. The van der Waals surface area contributed by atoms with Gasteiger partial charge in [-0.15, -0.1) is 0 Å². The van der Waals surface area contributed by atoms with Crippen molar-refractivity contribution in [1.29, 1.82) is 0 Å². The zero-order valence-corrected chi connectivity index (χ0v) is 14.3. The van der Waals surface area contributed by atoms with Crippen LogP contribution in [0.25, 0.3) is 0 Å². The lowest BCUT2D eigenvalue weighted by atomic mass is 10.0. The van der Waals surface area contributed by atoms with Gasteiger partial charge in [-0.1, -0.05) is 19.1 Å². The van der Waals surface area contributed by atoms with Crippen LogP contribution in [-0.2, 0) is 20.7 Å². The molecule has 1 aromatic carbocycles. The Morgan fingerprint density at radius 1 is 1.30 bits per heavy atom. The van der Waals surface area contributed by atoms with Crippen LogP contribution in [-0.4, -0.2) is 32.4 Å². The third-order valence-corrected chi connectivity index (χ3v) is 4.13. The Labute approximate surface area is 139 Å². The number of benzene rings is 1. The Morgan fingerprint density at radius 3 is 2.74 bits per heavy atom. The summed E-state index contributed by atoms with van der Waals surface area (Å²) in [7, 11) is 1.65. The van der Waals surface area contributed by atoms with E-state index in [1.165, 1.54) is 12.0 Å². The number of Topliss-reactive ketones (excluding diaryl/α,β-unsaturated/α-hetero) is 1. The Balaban J connectivity index is 1.62. The largest absolute Gasteiger partial charge is 0.497 e. The van der Waals surface area contributed by atoms with Crippen molar-refractivity contribution in [2.45, 2.75) is 51.7 Å². The molecule has 1 aromatic rings. The summed E-state index contributed by atoms with van der Waals surface area (Å²) < 4.78 is 16.4. The molecule has 0 spiro atoms. The zero-order chi connectivity index (χ0) is 16.5. The van der Waals surface area contributed by atoms with E-state index in [0.29, 0.717) is 25.2 Å². The van der Waals surface area contributed by atoms with Crippen molar-refractivity contribution in [3.63, 3.8) is 0 Å². The van der Waals surface area contributed by atoms with Crippen LogP contribution in [0.5, 0.6) is 5.75 Å². The van der Waals surface area contributed by atoms with E-state index >= 15 is 0 Å². The van der Waals surface area contributed by atoms with Crippen LogP contribution in [0, 0.1) is 5.92 Å². The van der Waals surface area contributed by atoms with E-state index in [0.717, 1.165) is 31.6 Å². The lowest BCUT2D eigenvalue weighted by Crippen LogP contribution is -2.25. The molecule has 1 aliphatic heterocycles. The molecule has 0 saturated carbocycles. The van der Waals surface area contributed by atoms with E-state index in [4.69, 9.17) is 14.2 Å². The number of aryl methyl sites for hydroxylation is 1. The summed E-state index contributed by atoms with van der Waals surface area (Å²) in [6, 6.07) is 7.89. The van der Waals surface area contributed by atoms with Crippen molar-refractivity contribution in [1.82, 2.24) is 0 Å². The molecule has 1 saturated heterocycles. The second-order valence-electron chi connectivity index (χ2n) is 6.33. The number of rotatable bonds is 9. The molecule has 1 aliphatic rings. The third-order valence-electron chi connectivity index (χ3n) is 4.13. The van der Waals surface area contributed by atoms with Crippen LogP contribution < -0.4 is 4.74 Å². The summed E-state index contributed by atoms with van der Waals surface area (Å²) in [6.45, 7) is 3.45. The number of hydrogen-bond donors (Lipinski definition) is 0. The summed E-state index contributed by atoms with van der Waals surface area (Å²) in [6.07, 6.45) is 5.12. The molecule has 0 aliphatic carbocycles. The van der Waals surface area contributed by atoms with Crippen molar-refractivity contribution in [2.75, 3.05) is 20.3 Å². The van der Waals surface area contributed by atoms with Gasteiger partial charge in [0, 0.05) is 19.4 Å². The second-order valence-corrected chi connectivity index (χ2v) is 6.33. The third kappa shape index (κ3) is 6.71. The van der Waals surface area contributed by atoms with Gasteiger partial charge in [0.15, 0.2) is 6.29 Å². The molecule has 0 aromatic heterocycles. The minimum Gasteiger partial charge on any atom is -0.497 e. The van der Waals surface area contributed by atoms with Gasteiger partial charge in [-0.3, -0.25) is 4.79 Å². The van der Waals surface area contributed by atoms with Gasteiger partial charge in [-0.2, -0.15) is 0 Å². The highest BCUT2D eigenvalue weighted by Gasteiger charge is 2.16. The van der Waals surface area contributed by atoms with E-state index in [9.17, 15) is 4.79 Å². The molecule has 2 rings (SSSR count). The molecule has 1 fully saturated rings. The van der Waals surface area contributed by atoms with E-state index in [-0.39, 0.29) is 12.2 Å². The molecule has 4 nitrogen and oxygen atoms in total. The molecule has 4 heteroatoms. The summed E-state index contributed by atoms with van der Waals surface area (Å²) in [4.78, 5) is 12.1. The first kappa shape index (κ1) is 18.0. The first-order valence-electron chi connectivity index (χ1n) is 8.55. The van der Waals surface area contributed by atoms with Gasteiger partial charge in [-0.25, -0.2) is 0 Å². The maximum absolute atomic E-state index is 12.1. The fourth-order valence-electron chi connectivity index (χ4n) is 2.74. The van der Waals surface area contributed by atoms with E-state index in [1.54, 1.807) is 7.11 Å². The predicted octanol–water partition coefficient (Wildman–Crippen LogP) is 3.77. The monoisotopic (exact) mass is 320 g/mol. The number of carbonyl (C=O) groups excluding carboxylic acids is 1. The van der Waals surface area contributed by atoms with Crippen LogP contribution >= 0.6 is 0 Å². The maximum Gasteiger partial charge on any atom is 0.157 e. The highest BCUT2D eigenvalue weighted by molar-refractivity contribution is 5.78. The van der Waals surface area contributed by atoms with E-state index in [1.807, 2.05) is 24.3 Å². The zero-order valence-electron chi connectivity index (χ0n) is 14.3. The number of ketones is 1. The first-order chi connectivity index (χ1) is 11.2. The molecule has 0 radical (unpaired) electrons. The van der Waals surface area contributed by atoms with Gasteiger partial charge in [0.2, 0.25) is 0 Å². The second kappa shape index (κ2) is 9.68. The highest BCUT2D eigenvalue weighted by Crippen LogP contribution is 2.17. The minimum absolute atomic E-state index is 0.0689. The van der Waals surface area contributed by atoms with Crippen molar-refractivity contribution in [3.8, 4) is 5.75 Å². The summed E-state index contributed by atoms with van der Waals surface area (Å²) in [5, 5.41) is 0. The molecule has 0 N–H and O–H groups in total. The highest BCUT2D eigenvalue weighted by atomic mass is 16.7. The van der Waals surface area contributed by atoms with Crippen LogP contribution in [0.1, 0.15) is 44.6 Å². The number of methoxy groups -OCH3 is 1. The van der Waals surface area contributed by atoms with Gasteiger partial charge >= 0.3 is 0 Å². The van der Waals surface area contributed by atoms with Crippen molar-refractivity contribution in [2.24, 2.45) is 5.92 Å². The SMILES string of the molecule is COc1ccc(CCC(=O)CC(C)COC2CCCCO2)cc1. The van der Waals surface area contributed by atoms with E-state index in [2.05, 4.69) is 6.92 Å².